The van der Waals surface area contributed by atoms with Crippen molar-refractivity contribution in [2.75, 3.05) is 4.90 Å². The third-order valence-corrected chi connectivity index (χ3v) is 8.73. The van der Waals surface area contributed by atoms with E-state index in [4.69, 9.17) is 0 Å². The fourth-order valence-corrected chi connectivity index (χ4v) is 6.64. The van der Waals surface area contributed by atoms with E-state index >= 15 is 0 Å². The molecule has 6 aromatic carbocycles. The van der Waals surface area contributed by atoms with E-state index < -0.39 is 0 Å². The molecule has 0 saturated carbocycles. The van der Waals surface area contributed by atoms with Crippen molar-refractivity contribution in [1.29, 1.82) is 0 Å². The van der Waals surface area contributed by atoms with Gasteiger partial charge in [-0.2, -0.15) is 0 Å². The van der Waals surface area contributed by atoms with Gasteiger partial charge in [-0.1, -0.05) is 134 Å². The molecule has 7 rings (SSSR count). The molecule has 0 aliphatic heterocycles. The third-order valence-electron chi connectivity index (χ3n) is 8.73. The molecule has 0 fully saturated rings. The Labute approximate surface area is 271 Å². The topological polar surface area (TPSA) is 3.24 Å². The van der Waals surface area contributed by atoms with Crippen LogP contribution in [0.5, 0.6) is 0 Å². The minimum absolute atomic E-state index is 0.902. The van der Waals surface area contributed by atoms with Crippen LogP contribution in [0.25, 0.3) is 50.4 Å². The number of rotatable bonds is 7. The van der Waals surface area contributed by atoms with Gasteiger partial charge < -0.3 is 4.90 Å². The number of hydrogen-bond donors (Lipinski definition) is 0. The van der Waals surface area contributed by atoms with Gasteiger partial charge in [0.25, 0.3) is 0 Å². The first kappa shape index (κ1) is 29.1. The second-order valence-corrected chi connectivity index (χ2v) is 11.5. The zero-order chi connectivity index (χ0) is 31.3. The number of hydrogen-bond acceptors (Lipinski definition) is 1. The summed E-state index contributed by atoms with van der Waals surface area (Å²) in [4.78, 5) is 2.32. The predicted molar refractivity (Wildman–Crippen MR) is 201 cm³/mol. The van der Waals surface area contributed by atoms with Gasteiger partial charge in [0.15, 0.2) is 0 Å². The van der Waals surface area contributed by atoms with E-state index in [1.807, 2.05) is 0 Å². The highest BCUT2D eigenvalue weighted by Crippen LogP contribution is 2.37. The van der Waals surface area contributed by atoms with Gasteiger partial charge in [-0.3, -0.25) is 0 Å². The lowest BCUT2D eigenvalue weighted by molar-refractivity contribution is 1.29. The van der Waals surface area contributed by atoms with Gasteiger partial charge in [0.05, 0.1) is 0 Å². The maximum Gasteiger partial charge on any atom is 0.0468 e. The molecule has 0 spiro atoms. The lowest BCUT2D eigenvalue weighted by Crippen LogP contribution is -2.30. The molecule has 0 unspecified atom stereocenters. The molecule has 6 aromatic rings. The van der Waals surface area contributed by atoms with Crippen LogP contribution in [0.4, 0.5) is 17.1 Å². The number of nitrogens with zero attached hydrogens (tertiary/aromatic N) is 1. The third kappa shape index (κ3) is 5.53. The van der Waals surface area contributed by atoms with Gasteiger partial charge in [-0.05, 0) is 117 Å². The molecule has 0 N–H and O–H groups in total. The Morgan fingerprint density at radius 1 is 0.630 bits per heavy atom. The van der Waals surface area contributed by atoms with Gasteiger partial charge in [-0.15, -0.1) is 0 Å². The highest BCUT2D eigenvalue weighted by Gasteiger charge is 2.17. The van der Waals surface area contributed by atoms with E-state index in [1.54, 1.807) is 0 Å². The summed E-state index contributed by atoms with van der Waals surface area (Å²) in [5.74, 6) is 0. The van der Waals surface area contributed by atoms with E-state index in [2.05, 4.69) is 195 Å². The molecule has 1 nitrogen and oxygen atoms in total. The summed E-state index contributed by atoms with van der Waals surface area (Å²) in [5.41, 5.74) is 8.46. The van der Waals surface area contributed by atoms with Crippen LogP contribution in [0.3, 0.4) is 0 Å². The van der Waals surface area contributed by atoms with Crippen LogP contribution in [0.2, 0.25) is 0 Å². The standard InChI is InChI=1S/C45H37N/c1-3-5-9-18-33(4-2)44-40-23-14-8-15-24-42(40)45(43-26-17-16-25-41(43)44)36-28-27-35-32-39(30-29-34(35)31-36)46(37-19-10-6-11-20-37)38-21-12-7-13-22-38/h3-14,16-32H,15H2,1-2H3/b5-3?,18-9-,33-4+. The zero-order valence-electron chi connectivity index (χ0n) is 26.4. The molecule has 1 aliphatic rings. The second kappa shape index (κ2) is 13.1. The largest absolute Gasteiger partial charge is 0.310 e. The zero-order valence-corrected chi connectivity index (χ0v) is 26.4. The highest BCUT2D eigenvalue weighted by atomic mass is 15.1. The van der Waals surface area contributed by atoms with Crippen LogP contribution in [0.15, 0.2) is 164 Å². The summed E-state index contributed by atoms with van der Waals surface area (Å²) in [6.45, 7) is 4.19. The van der Waals surface area contributed by atoms with Crippen molar-refractivity contribution in [1.82, 2.24) is 0 Å². The smallest absolute Gasteiger partial charge is 0.0468 e. The number of allylic oxidation sites excluding steroid dienone is 8. The van der Waals surface area contributed by atoms with Crippen LogP contribution in [-0.4, -0.2) is 0 Å². The van der Waals surface area contributed by atoms with E-state index in [1.165, 1.54) is 54.2 Å². The first-order valence-electron chi connectivity index (χ1n) is 16.1. The summed E-state index contributed by atoms with van der Waals surface area (Å²) in [7, 11) is 0. The molecule has 0 aromatic heterocycles. The van der Waals surface area contributed by atoms with E-state index in [0.717, 1.165) is 23.5 Å². The molecule has 0 radical (unpaired) electrons. The molecule has 0 amide bonds. The molecule has 0 bridgehead atoms. The van der Waals surface area contributed by atoms with E-state index in [0.29, 0.717) is 0 Å². The first-order chi connectivity index (χ1) is 22.8. The van der Waals surface area contributed by atoms with Crippen LogP contribution in [0.1, 0.15) is 25.8 Å². The van der Waals surface area contributed by atoms with Gasteiger partial charge in [0, 0.05) is 17.1 Å². The van der Waals surface area contributed by atoms with Crippen molar-refractivity contribution >= 4 is 56.3 Å². The molecule has 46 heavy (non-hydrogen) atoms. The molecule has 1 heteroatoms. The molecule has 1 aliphatic carbocycles. The van der Waals surface area contributed by atoms with Crippen molar-refractivity contribution in [2.45, 2.75) is 20.3 Å². The second-order valence-electron chi connectivity index (χ2n) is 11.5. The maximum atomic E-state index is 2.40. The Kier molecular flexibility index (Phi) is 8.30. The Hall–Kier alpha value is -5.66. The van der Waals surface area contributed by atoms with Crippen molar-refractivity contribution in [3.63, 3.8) is 0 Å². The van der Waals surface area contributed by atoms with Crippen molar-refractivity contribution in [2.24, 2.45) is 0 Å². The summed E-state index contributed by atoms with van der Waals surface area (Å²) in [6, 6.07) is 43.8. The van der Waals surface area contributed by atoms with E-state index in [-0.39, 0.29) is 0 Å². The molecule has 0 heterocycles. The average molecular weight is 592 g/mol. The Bertz CT molecular complexity index is 2240. The molecular weight excluding hydrogens is 555 g/mol. The van der Waals surface area contributed by atoms with Gasteiger partial charge in [0.1, 0.15) is 0 Å². The molecule has 222 valence electrons. The average Bonchev–Trinajstić information content (AvgIpc) is 3.36. The van der Waals surface area contributed by atoms with Crippen LogP contribution < -0.4 is 15.3 Å². The van der Waals surface area contributed by atoms with Gasteiger partial charge in [0.2, 0.25) is 0 Å². The summed E-state index contributed by atoms with van der Waals surface area (Å²) in [5, 5.41) is 7.56. The monoisotopic (exact) mass is 591 g/mol. The Balaban J connectivity index is 1.42. The van der Waals surface area contributed by atoms with Crippen molar-refractivity contribution < 1.29 is 0 Å². The lowest BCUT2D eigenvalue weighted by Gasteiger charge is -2.25. The fourth-order valence-electron chi connectivity index (χ4n) is 6.64. The molecule has 0 saturated heterocycles. The fraction of sp³-hybridized carbons (Fsp3) is 0.0667. The van der Waals surface area contributed by atoms with Crippen LogP contribution in [0, 0.1) is 0 Å². The van der Waals surface area contributed by atoms with Crippen molar-refractivity contribution in [3.05, 3.63) is 180 Å². The maximum absolute atomic E-state index is 2.40. The van der Waals surface area contributed by atoms with Crippen molar-refractivity contribution in [3.8, 4) is 11.1 Å². The quantitative estimate of drug-likeness (QED) is 0.167. The summed E-state index contributed by atoms with van der Waals surface area (Å²) in [6.07, 6.45) is 20.8. The SMILES string of the molecule is CC=C/C=C\C(=C/C)c1c2c(c(-c3ccc4cc(N(c5ccccc5)c5ccccc5)ccc4c3)c3ccccc13)=CCC=CC=2. The number of anilines is 3. The van der Waals surface area contributed by atoms with Crippen LogP contribution >= 0.6 is 0 Å². The lowest BCUT2D eigenvalue weighted by atomic mass is 9.87. The normalized spacial score (nSPS) is 13.1. The Morgan fingerprint density at radius 3 is 2.02 bits per heavy atom. The summed E-state index contributed by atoms with van der Waals surface area (Å²) < 4.78 is 0. The number of benzene rings is 6. The van der Waals surface area contributed by atoms with Gasteiger partial charge >= 0.3 is 0 Å². The number of para-hydroxylation sites is 2. The minimum Gasteiger partial charge on any atom is -0.310 e. The highest BCUT2D eigenvalue weighted by molar-refractivity contribution is 6.06. The Morgan fingerprint density at radius 2 is 1.30 bits per heavy atom. The van der Waals surface area contributed by atoms with E-state index in [9.17, 15) is 0 Å². The summed E-state index contributed by atoms with van der Waals surface area (Å²) >= 11 is 0. The van der Waals surface area contributed by atoms with Gasteiger partial charge in [-0.25, -0.2) is 0 Å². The molecular formula is C45H37N. The molecule has 0 atom stereocenters. The predicted octanol–water partition coefficient (Wildman–Crippen LogP) is 11.2. The first-order valence-corrected chi connectivity index (χ1v) is 16.1. The van der Waals surface area contributed by atoms with Crippen LogP contribution in [-0.2, 0) is 0 Å². The minimum atomic E-state index is 0.902. The number of fused-ring (bicyclic) bond motifs is 3.